The lowest BCUT2D eigenvalue weighted by atomic mass is 10.00. The SMILES string of the molecule is Cc1c(C(N)=O)c(-c2cccc(Oc3ccccc3)c2)c(C)n1CCc1cnc[nH]1. The summed E-state index contributed by atoms with van der Waals surface area (Å²) in [5, 5.41) is 0. The number of carbonyl (C=O) groups is 1. The first kappa shape index (κ1) is 19.5. The third kappa shape index (κ3) is 3.85. The monoisotopic (exact) mass is 400 g/mol. The average Bonchev–Trinajstić information content (AvgIpc) is 3.34. The summed E-state index contributed by atoms with van der Waals surface area (Å²) in [7, 11) is 0. The summed E-state index contributed by atoms with van der Waals surface area (Å²) in [4.78, 5) is 19.5. The highest BCUT2D eigenvalue weighted by Gasteiger charge is 2.23. The van der Waals surface area contributed by atoms with Crippen LogP contribution in [0.2, 0.25) is 0 Å². The lowest BCUT2D eigenvalue weighted by Crippen LogP contribution is -2.14. The van der Waals surface area contributed by atoms with Crippen molar-refractivity contribution in [2.75, 3.05) is 0 Å². The molecule has 0 spiro atoms. The standard InChI is InChI=1S/C24H24N4O2/c1-16-22(18-7-6-10-21(13-18)30-20-8-4-3-5-9-20)23(24(25)29)17(2)28(16)12-11-19-14-26-15-27-19/h3-10,13-15H,11-12H2,1-2H3,(H2,25,29)(H,26,27). The number of rotatable bonds is 7. The van der Waals surface area contributed by atoms with Crippen molar-refractivity contribution >= 4 is 5.91 Å². The van der Waals surface area contributed by atoms with Gasteiger partial charge in [0.05, 0.1) is 11.9 Å². The zero-order valence-electron chi connectivity index (χ0n) is 17.1. The predicted molar refractivity (Wildman–Crippen MR) is 117 cm³/mol. The van der Waals surface area contributed by atoms with Gasteiger partial charge in [-0.2, -0.15) is 0 Å². The lowest BCUT2D eigenvalue weighted by molar-refractivity contribution is 0.1000. The third-order valence-corrected chi connectivity index (χ3v) is 5.29. The van der Waals surface area contributed by atoms with E-state index in [0.717, 1.165) is 46.9 Å². The number of imidazole rings is 1. The molecule has 0 radical (unpaired) electrons. The molecule has 0 atom stereocenters. The van der Waals surface area contributed by atoms with Crippen molar-refractivity contribution in [3.8, 4) is 22.6 Å². The summed E-state index contributed by atoms with van der Waals surface area (Å²) in [6.45, 7) is 4.68. The number of amides is 1. The number of nitrogens with zero attached hydrogens (tertiary/aromatic N) is 2. The molecule has 30 heavy (non-hydrogen) atoms. The van der Waals surface area contributed by atoms with Gasteiger partial charge >= 0.3 is 0 Å². The van der Waals surface area contributed by atoms with Gasteiger partial charge in [0, 0.05) is 41.8 Å². The van der Waals surface area contributed by atoms with Gasteiger partial charge in [-0.25, -0.2) is 4.98 Å². The van der Waals surface area contributed by atoms with Crippen LogP contribution in [0.15, 0.2) is 67.1 Å². The molecule has 0 aliphatic rings. The van der Waals surface area contributed by atoms with Crippen LogP contribution in [0.4, 0.5) is 0 Å². The van der Waals surface area contributed by atoms with Crippen molar-refractivity contribution in [2.45, 2.75) is 26.8 Å². The van der Waals surface area contributed by atoms with Gasteiger partial charge in [-0.1, -0.05) is 30.3 Å². The molecule has 2 aromatic heterocycles. The van der Waals surface area contributed by atoms with Crippen LogP contribution in [0.5, 0.6) is 11.5 Å². The zero-order chi connectivity index (χ0) is 21.1. The molecule has 2 aromatic carbocycles. The number of carbonyl (C=O) groups excluding carboxylic acids is 1. The zero-order valence-corrected chi connectivity index (χ0v) is 17.1. The van der Waals surface area contributed by atoms with E-state index in [9.17, 15) is 4.79 Å². The number of aryl methyl sites for hydroxylation is 1. The van der Waals surface area contributed by atoms with E-state index in [-0.39, 0.29) is 0 Å². The molecule has 0 aliphatic carbocycles. The van der Waals surface area contributed by atoms with Crippen molar-refractivity contribution in [1.82, 2.24) is 14.5 Å². The molecule has 152 valence electrons. The van der Waals surface area contributed by atoms with Crippen molar-refractivity contribution in [3.63, 3.8) is 0 Å². The van der Waals surface area contributed by atoms with E-state index >= 15 is 0 Å². The van der Waals surface area contributed by atoms with Gasteiger partial charge in [-0.3, -0.25) is 4.79 Å². The molecular weight excluding hydrogens is 376 g/mol. The number of hydrogen-bond donors (Lipinski definition) is 2. The fourth-order valence-electron chi connectivity index (χ4n) is 3.87. The fraction of sp³-hybridized carbons (Fsp3) is 0.167. The van der Waals surface area contributed by atoms with Gasteiger partial charge in [-0.15, -0.1) is 0 Å². The number of nitrogens with two attached hydrogens (primary N) is 1. The Labute approximate surface area is 175 Å². The minimum Gasteiger partial charge on any atom is -0.457 e. The Bertz CT molecular complexity index is 1160. The lowest BCUT2D eigenvalue weighted by Gasteiger charge is -2.10. The Balaban J connectivity index is 1.72. The second-order valence-corrected chi connectivity index (χ2v) is 7.21. The van der Waals surface area contributed by atoms with Crippen molar-refractivity contribution in [2.24, 2.45) is 5.73 Å². The molecule has 0 saturated carbocycles. The Morgan fingerprint density at radius 3 is 2.53 bits per heavy atom. The first-order valence-electron chi connectivity index (χ1n) is 9.84. The van der Waals surface area contributed by atoms with E-state index in [1.807, 2.05) is 74.6 Å². The van der Waals surface area contributed by atoms with Crippen molar-refractivity contribution < 1.29 is 9.53 Å². The number of para-hydroxylation sites is 1. The van der Waals surface area contributed by atoms with Crippen LogP contribution in [0.3, 0.4) is 0 Å². The summed E-state index contributed by atoms with van der Waals surface area (Å²) >= 11 is 0. The fourth-order valence-corrected chi connectivity index (χ4v) is 3.87. The molecule has 4 rings (SSSR count). The minimum atomic E-state index is -0.430. The number of ether oxygens (including phenoxy) is 1. The molecule has 1 amide bonds. The summed E-state index contributed by atoms with van der Waals surface area (Å²) in [5.41, 5.74) is 11.0. The van der Waals surface area contributed by atoms with Gasteiger partial charge in [0.2, 0.25) is 0 Å². The van der Waals surface area contributed by atoms with Gasteiger partial charge in [0.15, 0.2) is 0 Å². The Kier molecular flexibility index (Phi) is 5.39. The van der Waals surface area contributed by atoms with Gasteiger partial charge in [0.25, 0.3) is 5.91 Å². The summed E-state index contributed by atoms with van der Waals surface area (Å²) in [5.74, 6) is 1.03. The van der Waals surface area contributed by atoms with Crippen LogP contribution in [-0.2, 0) is 13.0 Å². The number of primary amides is 1. The summed E-state index contributed by atoms with van der Waals surface area (Å²) in [6.07, 6.45) is 4.27. The van der Waals surface area contributed by atoms with E-state index in [2.05, 4.69) is 14.5 Å². The number of H-pyrrole nitrogens is 1. The second-order valence-electron chi connectivity index (χ2n) is 7.21. The maximum Gasteiger partial charge on any atom is 0.251 e. The number of benzene rings is 2. The predicted octanol–water partition coefficient (Wildman–Crippen LogP) is 4.63. The number of aromatic amines is 1. The molecule has 2 heterocycles. The smallest absolute Gasteiger partial charge is 0.251 e. The van der Waals surface area contributed by atoms with Crippen LogP contribution < -0.4 is 10.5 Å². The van der Waals surface area contributed by atoms with Crippen molar-refractivity contribution in [3.05, 3.63) is 89.8 Å². The highest BCUT2D eigenvalue weighted by molar-refractivity contribution is 6.02. The van der Waals surface area contributed by atoms with E-state index in [0.29, 0.717) is 11.3 Å². The summed E-state index contributed by atoms with van der Waals surface area (Å²) in [6, 6.07) is 17.4. The second kappa shape index (κ2) is 8.29. The normalized spacial score (nSPS) is 10.9. The minimum absolute atomic E-state index is 0.430. The van der Waals surface area contributed by atoms with Gasteiger partial charge < -0.3 is 20.0 Å². The van der Waals surface area contributed by atoms with Gasteiger partial charge in [-0.05, 0) is 43.7 Å². The van der Waals surface area contributed by atoms with E-state index < -0.39 is 5.91 Å². The number of hydrogen-bond acceptors (Lipinski definition) is 3. The maximum atomic E-state index is 12.4. The molecule has 4 aromatic rings. The molecule has 0 aliphatic heterocycles. The highest BCUT2D eigenvalue weighted by Crippen LogP contribution is 2.35. The van der Waals surface area contributed by atoms with E-state index in [1.54, 1.807) is 6.33 Å². The van der Waals surface area contributed by atoms with E-state index in [1.165, 1.54) is 0 Å². The molecule has 6 heteroatoms. The van der Waals surface area contributed by atoms with Crippen LogP contribution in [0.25, 0.3) is 11.1 Å². The Hall–Kier alpha value is -3.80. The molecule has 3 N–H and O–H groups in total. The maximum absolute atomic E-state index is 12.4. The Morgan fingerprint density at radius 2 is 1.83 bits per heavy atom. The summed E-state index contributed by atoms with van der Waals surface area (Å²) < 4.78 is 8.12. The van der Waals surface area contributed by atoms with Crippen molar-refractivity contribution in [1.29, 1.82) is 0 Å². The first-order chi connectivity index (χ1) is 14.5. The largest absolute Gasteiger partial charge is 0.457 e. The molecule has 0 saturated heterocycles. The topological polar surface area (TPSA) is 85.9 Å². The first-order valence-corrected chi connectivity index (χ1v) is 9.84. The van der Waals surface area contributed by atoms with Crippen LogP contribution in [-0.4, -0.2) is 20.4 Å². The third-order valence-electron chi connectivity index (χ3n) is 5.29. The molecular formula is C24H24N4O2. The molecule has 6 nitrogen and oxygen atoms in total. The Morgan fingerprint density at radius 1 is 1.07 bits per heavy atom. The average molecular weight is 400 g/mol. The molecule has 0 fully saturated rings. The quantitative estimate of drug-likeness (QED) is 0.474. The molecule has 0 bridgehead atoms. The van der Waals surface area contributed by atoms with Crippen LogP contribution in [0, 0.1) is 13.8 Å². The van der Waals surface area contributed by atoms with E-state index in [4.69, 9.17) is 10.5 Å². The number of nitrogens with one attached hydrogen (secondary N) is 1. The molecule has 0 unspecified atom stereocenters. The van der Waals surface area contributed by atoms with Crippen LogP contribution in [0.1, 0.15) is 27.4 Å². The number of aromatic nitrogens is 3. The van der Waals surface area contributed by atoms with Crippen LogP contribution >= 0.6 is 0 Å². The highest BCUT2D eigenvalue weighted by atomic mass is 16.5. The van der Waals surface area contributed by atoms with Gasteiger partial charge in [0.1, 0.15) is 11.5 Å².